The summed E-state index contributed by atoms with van der Waals surface area (Å²) in [4.78, 5) is 4.67. The van der Waals surface area contributed by atoms with Gasteiger partial charge in [0.15, 0.2) is 5.17 Å². The number of hydrogen-bond acceptors (Lipinski definition) is 3. The fraction of sp³-hybridized carbons (Fsp3) is 0.462. The number of nitrogens with zero attached hydrogens (tertiary/aromatic N) is 1. The number of nitrogens with one attached hydrogen (secondary N) is 1. The zero-order chi connectivity index (χ0) is 14.0. The number of amidine groups is 1. The SMILES string of the molecule is CC(C)CC1CSC(Nc2c(Cl)cc(Br)cc2Cl)=N1. The van der Waals surface area contributed by atoms with Crippen LogP contribution in [0.2, 0.25) is 10.0 Å². The number of thioether (sulfide) groups is 1. The molecule has 0 saturated carbocycles. The van der Waals surface area contributed by atoms with Gasteiger partial charge in [0, 0.05) is 10.2 Å². The van der Waals surface area contributed by atoms with Crippen LogP contribution in [-0.4, -0.2) is 17.0 Å². The maximum Gasteiger partial charge on any atom is 0.161 e. The number of rotatable bonds is 3. The Morgan fingerprint density at radius 2 is 2.05 bits per heavy atom. The Balaban J connectivity index is 2.10. The largest absolute Gasteiger partial charge is 0.333 e. The average molecular weight is 382 g/mol. The first kappa shape index (κ1) is 15.5. The third-order valence-corrected chi connectivity index (χ3v) is 4.78. The molecule has 19 heavy (non-hydrogen) atoms. The Morgan fingerprint density at radius 1 is 1.42 bits per heavy atom. The van der Waals surface area contributed by atoms with Gasteiger partial charge in [-0.25, -0.2) is 0 Å². The first-order chi connectivity index (χ1) is 8.95. The van der Waals surface area contributed by atoms with Crippen LogP contribution < -0.4 is 5.32 Å². The number of aliphatic imine (C=N–C) groups is 1. The van der Waals surface area contributed by atoms with Crippen molar-refractivity contribution in [2.24, 2.45) is 10.9 Å². The molecule has 0 aliphatic carbocycles. The van der Waals surface area contributed by atoms with Gasteiger partial charge in [0.25, 0.3) is 0 Å². The predicted octanol–water partition coefficient (Wildman–Crippen LogP) is 5.69. The van der Waals surface area contributed by atoms with Crippen LogP contribution in [0.25, 0.3) is 0 Å². The summed E-state index contributed by atoms with van der Waals surface area (Å²) in [6.45, 7) is 4.43. The van der Waals surface area contributed by atoms with Crippen LogP contribution in [-0.2, 0) is 0 Å². The number of benzene rings is 1. The maximum atomic E-state index is 6.19. The molecule has 1 aromatic rings. The van der Waals surface area contributed by atoms with E-state index in [0.717, 1.165) is 27.5 Å². The second-order valence-corrected chi connectivity index (χ2v) is 7.64. The Hall–Kier alpha value is 0.1000. The highest BCUT2D eigenvalue weighted by Crippen LogP contribution is 2.35. The molecule has 1 aromatic carbocycles. The molecule has 0 amide bonds. The summed E-state index contributed by atoms with van der Waals surface area (Å²) >= 11 is 17.5. The van der Waals surface area contributed by atoms with Crippen molar-refractivity contribution in [1.29, 1.82) is 0 Å². The van der Waals surface area contributed by atoms with E-state index in [2.05, 4.69) is 40.1 Å². The smallest absolute Gasteiger partial charge is 0.161 e. The van der Waals surface area contributed by atoms with Crippen molar-refractivity contribution >= 4 is 61.7 Å². The molecule has 1 aliphatic rings. The van der Waals surface area contributed by atoms with Gasteiger partial charge >= 0.3 is 0 Å². The van der Waals surface area contributed by atoms with E-state index in [0.29, 0.717) is 22.0 Å². The molecule has 6 heteroatoms. The van der Waals surface area contributed by atoms with E-state index in [1.807, 2.05) is 12.1 Å². The fourth-order valence-electron chi connectivity index (χ4n) is 1.92. The van der Waals surface area contributed by atoms with E-state index in [1.165, 1.54) is 0 Å². The first-order valence-electron chi connectivity index (χ1n) is 6.08. The van der Waals surface area contributed by atoms with Crippen LogP contribution in [0, 0.1) is 5.92 Å². The Labute approximate surface area is 136 Å². The molecule has 1 N–H and O–H groups in total. The third-order valence-electron chi connectivity index (χ3n) is 2.69. The van der Waals surface area contributed by atoms with Crippen molar-refractivity contribution < 1.29 is 0 Å². The van der Waals surface area contributed by atoms with E-state index in [4.69, 9.17) is 23.2 Å². The fourth-order valence-corrected chi connectivity index (χ4v) is 4.18. The zero-order valence-corrected chi connectivity index (χ0v) is 14.6. The highest BCUT2D eigenvalue weighted by atomic mass is 79.9. The lowest BCUT2D eigenvalue weighted by Crippen LogP contribution is -2.08. The van der Waals surface area contributed by atoms with Gasteiger partial charge in [0.2, 0.25) is 0 Å². The van der Waals surface area contributed by atoms with Gasteiger partial charge in [0.05, 0.1) is 21.8 Å². The molecule has 0 saturated heterocycles. The molecule has 1 unspecified atom stereocenters. The molecule has 1 atom stereocenters. The summed E-state index contributed by atoms with van der Waals surface area (Å²) in [6, 6.07) is 4.03. The number of anilines is 1. The summed E-state index contributed by atoms with van der Waals surface area (Å²) in [7, 11) is 0. The van der Waals surface area contributed by atoms with Gasteiger partial charge in [-0.05, 0) is 24.5 Å². The van der Waals surface area contributed by atoms with Gasteiger partial charge < -0.3 is 5.32 Å². The Kier molecular flexibility index (Phi) is 5.46. The van der Waals surface area contributed by atoms with E-state index in [-0.39, 0.29) is 0 Å². The quantitative estimate of drug-likeness (QED) is 0.727. The second kappa shape index (κ2) is 6.70. The summed E-state index contributed by atoms with van der Waals surface area (Å²) in [5, 5.41) is 5.32. The van der Waals surface area contributed by atoms with E-state index >= 15 is 0 Å². The maximum absolute atomic E-state index is 6.19. The lowest BCUT2D eigenvalue weighted by Gasteiger charge is -2.10. The van der Waals surface area contributed by atoms with Crippen LogP contribution in [0.1, 0.15) is 20.3 Å². The molecule has 0 bridgehead atoms. The molecule has 1 heterocycles. The lowest BCUT2D eigenvalue weighted by molar-refractivity contribution is 0.529. The molecular formula is C13H15BrCl2N2S. The average Bonchev–Trinajstić information content (AvgIpc) is 2.70. The Morgan fingerprint density at radius 3 is 2.63 bits per heavy atom. The number of halogens is 3. The predicted molar refractivity (Wildman–Crippen MR) is 90.9 cm³/mol. The van der Waals surface area contributed by atoms with E-state index in [1.54, 1.807) is 11.8 Å². The van der Waals surface area contributed by atoms with Crippen molar-refractivity contribution in [2.45, 2.75) is 26.3 Å². The monoisotopic (exact) mass is 380 g/mol. The normalized spacial score (nSPS) is 18.8. The third kappa shape index (κ3) is 4.28. The van der Waals surface area contributed by atoms with Gasteiger partial charge in [-0.15, -0.1) is 0 Å². The molecule has 0 aromatic heterocycles. The van der Waals surface area contributed by atoms with Crippen LogP contribution in [0.5, 0.6) is 0 Å². The summed E-state index contributed by atoms with van der Waals surface area (Å²) < 4.78 is 0.867. The minimum atomic E-state index is 0.389. The van der Waals surface area contributed by atoms with E-state index < -0.39 is 0 Å². The van der Waals surface area contributed by atoms with Gasteiger partial charge in [0.1, 0.15) is 0 Å². The Bertz CT molecular complexity index is 482. The molecule has 0 spiro atoms. The number of hydrogen-bond donors (Lipinski definition) is 1. The molecule has 0 radical (unpaired) electrons. The van der Waals surface area contributed by atoms with Crippen LogP contribution in [0.3, 0.4) is 0 Å². The van der Waals surface area contributed by atoms with Gasteiger partial charge in [-0.3, -0.25) is 4.99 Å². The van der Waals surface area contributed by atoms with Crippen molar-refractivity contribution in [2.75, 3.05) is 11.1 Å². The zero-order valence-electron chi connectivity index (χ0n) is 10.7. The standard InChI is InChI=1S/C13H15BrCl2N2S/c1-7(2)3-9-6-19-13(17-9)18-12-10(15)4-8(14)5-11(12)16/h4-5,7,9H,3,6H2,1-2H3,(H,17,18). The minimum Gasteiger partial charge on any atom is -0.333 e. The van der Waals surface area contributed by atoms with Crippen molar-refractivity contribution in [1.82, 2.24) is 0 Å². The van der Waals surface area contributed by atoms with Crippen molar-refractivity contribution in [3.05, 3.63) is 26.7 Å². The topological polar surface area (TPSA) is 24.4 Å². The second-order valence-electron chi connectivity index (χ2n) is 4.90. The van der Waals surface area contributed by atoms with Crippen LogP contribution >= 0.6 is 50.9 Å². The van der Waals surface area contributed by atoms with Gasteiger partial charge in [-0.2, -0.15) is 0 Å². The summed E-state index contributed by atoms with van der Waals surface area (Å²) in [5.74, 6) is 1.68. The molecule has 2 nitrogen and oxygen atoms in total. The van der Waals surface area contributed by atoms with Crippen molar-refractivity contribution in [3.8, 4) is 0 Å². The summed E-state index contributed by atoms with van der Waals surface area (Å²) in [6.07, 6.45) is 1.11. The van der Waals surface area contributed by atoms with Crippen molar-refractivity contribution in [3.63, 3.8) is 0 Å². The molecular weight excluding hydrogens is 367 g/mol. The lowest BCUT2D eigenvalue weighted by atomic mass is 10.1. The van der Waals surface area contributed by atoms with Crippen LogP contribution in [0.4, 0.5) is 5.69 Å². The minimum absolute atomic E-state index is 0.389. The van der Waals surface area contributed by atoms with E-state index in [9.17, 15) is 0 Å². The first-order valence-corrected chi connectivity index (χ1v) is 8.61. The van der Waals surface area contributed by atoms with Gasteiger partial charge in [-0.1, -0.05) is 64.7 Å². The highest BCUT2D eigenvalue weighted by molar-refractivity contribution is 9.10. The molecule has 0 fully saturated rings. The highest BCUT2D eigenvalue weighted by Gasteiger charge is 2.20. The molecule has 2 rings (SSSR count). The van der Waals surface area contributed by atoms with Crippen LogP contribution in [0.15, 0.2) is 21.6 Å². The molecule has 1 aliphatic heterocycles. The summed E-state index contributed by atoms with van der Waals surface area (Å²) in [5.41, 5.74) is 0.725. The molecule has 104 valence electrons.